The van der Waals surface area contributed by atoms with Crippen molar-refractivity contribution in [1.82, 2.24) is 14.8 Å². The second-order valence-electron chi connectivity index (χ2n) is 6.34. The molecule has 9 heteroatoms. The molecule has 3 amide bonds. The number of aromatic nitrogens is 3. The van der Waals surface area contributed by atoms with Crippen molar-refractivity contribution < 1.29 is 14.4 Å². The van der Waals surface area contributed by atoms with Crippen molar-refractivity contribution >= 4 is 34.9 Å². The first-order valence-electron chi connectivity index (χ1n) is 8.84. The Morgan fingerprint density at radius 3 is 2.21 bits per heavy atom. The number of rotatable bonds is 6. The van der Waals surface area contributed by atoms with Gasteiger partial charge in [0.1, 0.15) is 0 Å². The van der Waals surface area contributed by atoms with E-state index >= 15 is 0 Å². The number of hydrogen-bond acceptors (Lipinski definition) is 5. The second kappa shape index (κ2) is 8.79. The van der Waals surface area contributed by atoms with Crippen LogP contribution in [0.25, 0.3) is 0 Å². The first-order chi connectivity index (χ1) is 13.9. The van der Waals surface area contributed by atoms with Gasteiger partial charge in [0.2, 0.25) is 11.8 Å². The highest BCUT2D eigenvalue weighted by molar-refractivity contribution is 6.06. The molecule has 0 saturated carbocycles. The standard InChI is InChI=1S/C20H20N6O3/c1-13(27)22-17-9-15(10-18(11-17)23-14(2)28)20(29)24-19-6-8-26(25-19)12-16-5-3-4-7-21-16/h3-11H,12H2,1-2H3,(H,22,27)(H,23,28)(H,24,25,29). The number of nitrogens with zero attached hydrogens (tertiary/aromatic N) is 3. The zero-order valence-electron chi connectivity index (χ0n) is 16.0. The van der Waals surface area contributed by atoms with Gasteiger partial charge in [0.25, 0.3) is 5.91 Å². The fraction of sp³-hybridized carbons (Fsp3) is 0.150. The molecule has 0 radical (unpaired) electrons. The van der Waals surface area contributed by atoms with E-state index < -0.39 is 5.91 Å². The van der Waals surface area contributed by atoms with Crippen molar-refractivity contribution in [3.05, 3.63) is 66.1 Å². The summed E-state index contributed by atoms with van der Waals surface area (Å²) in [5, 5.41) is 12.3. The summed E-state index contributed by atoms with van der Waals surface area (Å²) in [7, 11) is 0. The van der Waals surface area contributed by atoms with Crippen LogP contribution in [0.5, 0.6) is 0 Å². The monoisotopic (exact) mass is 392 g/mol. The van der Waals surface area contributed by atoms with Gasteiger partial charge in [-0.15, -0.1) is 0 Å². The molecule has 0 aliphatic carbocycles. The molecule has 0 spiro atoms. The van der Waals surface area contributed by atoms with Crippen LogP contribution in [0.4, 0.5) is 17.2 Å². The Morgan fingerprint density at radius 2 is 1.62 bits per heavy atom. The minimum Gasteiger partial charge on any atom is -0.326 e. The second-order valence-corrected chi connectivity index (χ2v) is 6.34. The van der Waals surface area contributed by atoms with Gasteiger partial charge >= 0.3 is 0 Å². The molecule has 0 atom stereocenters. The molecule has 3 N–H and O–H groups in total. The summed E-state index contributed by atoms with van der Waals surface area (Å²) in [6.07, 6.45) is 3.44. The summed E-state index contributed by atoms with van der Waals surface area (Å²) in [6.45, 7) is 3.19. The molecule has 0 saturated heterocycles. The van der Waals surface area contributed by atoms with Crippen molar-refractivity contribution in [3.8, 4) is 0 Å². The van der Waals surface area contributed by atoms with E-state index in [0.717, 1.165) is 5.69 Å². The summed E-state index contributed by atoms with van der Waals surface area (Å²) in [5.41, 5.74) is 1.90. The Balaban J connectivity index is 1.75. The summed E-state index contributed by atoms with van der Waals surface area (Å²) in [6, 6.07) is 11.9. The fourth-order valence-electron chi connectivity index (χ4n) is 2.67. The molecule has 9 nitrogen and oxygen atoms in total. The van der Waals surface area contributed by atoms with Crippen LogP contribution in [0.1, 0.15) is 29.9 Å². The molecule has 1 aromatic carbocycles. The molecule has 2 aromatic heterocycles. The maximum Gasteiger partial charge on any atom is 0.257 e. The van der Waals surface area contributed by atoms with E-state index in [4.69, 9.17) is 0 Å². The van der Waals surface area contributed by atoms with Crippen molar-refractivity contribution in [1.29, 1.82) is 0 Å². The number of carbonyl (C=O) groups is 3. The lowest BCUT2D eigenvalue weighted by molar-refractivity contribution is -0.115. The highest BCUT2D eigenvalue weighted by Crippen LogP contribution is 2.20. The number of anilines is 3. The van der Waals surface area contributed by atoms with Crippen molar-refractivity contribution in [2.45, 2.75) is 20.4 Å². The summed E-state index contributed by atoms with van der Waals surface area (Å²) in [5.74, 6) is -0.627. The third-order valence-corrected chi connectivity index (χ3v) is 3.77. The predicted octanol–water partition coefficient (Wildman–Crippen LogP) is 2.50. The quantitative estimate of drug-likeness (QED) is 0.596. The SMILES string of the molecule is CC(=O)Nc1cc(NC(C)=O)cc(C(=O)Nc2ccn(Cc3ccccn3)n2)c1. The molecule has 0 unspecified atom stereocenters. The van der Waals surface area contributed by atoms with Crippen LogP contribution in [-0.4, -0.2) is 32.5 Å². The average molecular weight is 392 g/mol. The van der Waals surface area contributed by atoms with E-state index in [1.54, 1.807) is 29.2 Å². The summed E-state index contributed by atoms with van der Waals surface area (Å²) < 4.78 is 1.66. The summed E-state index contributed by atoms with van der Waals surface area (Å²) >= 11 is 0. The Bertz CT molecular complexity index is 1010. The van der Waals surface area contributed by atoms with E-state index in [2.05, 4.69) is 26.0 Å². The van der Waals surface area contributed by atoms with Gasteiger partial charge in [-0.2, -0.15) is 5.10 Å². The van der Waals surface area contributed by atoms with Crippen LogP contribution in [-0.2, 0) is 16.1 Å². The Hall–Kier alpha value is -4.01. The van der Waals surface area contributed by atoms with E-state index in [9.17, 15) is 14.4 Å². The van der Waals surface area contributed by atoms with Crippen LogP contribution >= 0.6 is 0 Å². The highest BCUT2D eigenvalue weighted by Gasteiger charge is 2.12. The molecule has 2 heterocycles. The number of nitrogens with one attached hydrogen (secondary N) is 3. The van der Waals surface area contributed by atoms with Crippen LogP contribution in [0.2, 0.25) is 0 Å². The van der Waals surface area contributed by atoms with E-state index in [1.807, 2.05) is 18.2 Å². The van der Waals surface area contributed by atoms with Crippen LogP contribution in [0, 0.1) is 0 Å². The molecule has 0 aliphatic rings. The topological polar surface area (TPSA) is 118 Å². The van der Waals surface area contributed by atoms with E-state index in [0.29, 0.717) is 23.7 Å². The molecule has 148 valence electrons. The maximum absolute atomic E-state index is 12.7. The van der Waals surface area contributed by atoms with E-state index in [1.165, 1.54) is 26.0 Å². The highest BCUT2D eigenvalue weighted by atomic mass is 16.2. The molecule has 0 fully saturated rings. The molecule has 3 aromatic rings. The average Bonchev–Trinajstić information content (AvgIpc) is 3.08. The van der Waals surface area contributed by atoms with Crippen molar-refractivity contribution in [2.75, 3.05) is 16.0 Å². The van der Waals surface area contributed by atoms with Crippen molar-refractivity contribution in [2.24, 2.45) is 0 Å². The smallest absolute Gasteiger partial charge is 0.257 e. The Morgan fingerprint density at radius 1 is 0.931 bits per heavy atom. The zero-order chi connectivity index (χ0) is 20.8. The number of hydrogen-bond donors (Lipinski definition) is 3. The fourth-order valence-corrected chi connectivity index (χ4v) is 2.67. The first-order valence-corrected chi connectivity index (χ1v) is 8.84. The molecule has 29 heavy (non-hydrogen) atoms. The van der Waals surface area contributed by atoms with Crippen molar-refractivity contribution in [3.63, 3.8) is 0 Å². The number of pyridine rings is 1. The van der Waals surface area contributed by atoms with Crippen LogP contribution < -0.4 is 16.0 Å². The van der Waals surface area contributed by atoms with Crippen LogP contribution in [0.15, 0.2) is 54.9 Å². The van der Waals surface area contributed by atoms with Gasteiger partial charge in [-0.3, -0.25) is 24.0 Å². The third kappa shape index (κ3) is 5.73. The normalized spacial score (nSPS) is 10.3. The maximum atomic E-state index is 12.7. The lowest BCUT2D eigenvalue weighted by atomic mass is 10.1. The Kier molecular flexibility index (Phi) is 5.98. The van der Waals surface area contributed by atoms with Gasteiger partial charge in [-0.25, -0.2) is 0 Å². The third-order valence-electron chi connectivity index (χ3n) is 3.77. The summed E-state index contributed by atoms with van der Waals surface area (Å²) in [4.78, 5) is 39.6. The van der Waals surface area contributed by atoms with Gasteiger partial charge < -0.3 is 16.0 Å². The van der Waals surface area contributed by atoms with Gasteiger partial charge in [-0.1, -0.05) is 6.07 Å². The van der Waals surface area contributed by atoms with E-state index in [-0.39, 0.29) is 17.4 Å². The minimum atomic E-state index is -0.424. The largest absolute Gasteiger partial charge is 0.326 e. The minimum absolute atomic E-state index is 0.263. The zero-order valence-corrected chi connectivity index (χ0v) is 16.0. The first kappa shape index (κ1) is 19.7. The molecular weight excluding hydrogens is 372 g/mol. The van der Waals surface area contributed by atoms with Gasteiger partial charge in [0, 0.05) is 49.2 Å². The Labute approximate surface area is 167 Å². The van der Waals surface area contributed by atoms with Gasteiger partial charge in [0.05, 0.1) is 12.2 Å². The molecular formula is C20H20N6O3. The number of amides is 3. The van der Waals surface area contributed by atoms with Crippen LogP contribution in [0.3, 0.4) is 0 Å². The lowest BCUT2D eigenvalue weighted by Crippen LogP contribution is -2.15. The molecule has 3 rings (SSSR count). The lowest BCUT2D eigenvalue weighted by Gasteiger charge is -2.10. The van der Waals surface area contributed by atoms with Gasteiger partial charge in [-0.05, 0) is 30.3 Å². The number of carbonyl (C=O) groups excluding carboxylic acids is 3. The molecule has 0 bridgehead atoms. The van der Waals surface area contributed by atoms with Gasteiger partial charge in [0.15, 0.2) is 5.82 Å². The predicted molar refractivity (Wildman–Crippen MR) is 109 cm³/mol. The molecule has 0 aliphatic heterocycles. The number of benzene rings is 1.